The van der Waals surface area contributed by atoms with E-state index in [1.807, 2.05) is 6.07 Å². The first-order valence-electron chi connectivity index (χ1n) is 5.15. The second-order valence-electron chi connectivity index (χ2n) is 3.74. The second-order valence-corrected chi connectivity index (χ2v) is 4.14. The third-order valence-corrected chi connectivity index (χ3v) is 2.79. The van der Waals surface area contributed by atoms with Crippen LogP contribution in [0.2, 0.25) is 5.02 Å². The molecule has 0 aliphatic carbocycles. The Balaban J connectivity index is 2.49. The molecule has 1 heterocycles. The van der Waals surface area contributed by atoms with Crippen LogP contribution >= 0.6 is 11.6 Å². The Bertz CT molecular complexity index is 642. The van der Waals surface area contributed by atoms with Crippen molar-refractivity contribution >= 4 is 11.6 Å². The van der Waals surface area contributed by atoms with Gasteiger partial charge in [0.05, 0.1) is 21.8 Å². The molecular weight excluding hydrogens is 277 g/mol. The number of alkyl halides is 3. The monoisotopic (exact) mass is 282 g/mol. The summed E-state index contributed by atoms with van der Waals surface area (Å²) in [7, 11) is 0. The molecule has 6 heteroatoms. The average Bonchev–Trinajstić information content (AvgIpc) is 2.38. The smallest absolute Gasteiger partial charge is 0.255 e. The lowest BCUT2D eigenvalue weighted by molar-refractivity contribution is -0.137. The zero-order chi connectivity index (χ0) is 14.0. The molecule has 19 heavy (non-hydrogen) atoms. The molecule has 0 aliphatic heterocycles. The highest BCUT2D eigenvalue weighted by atomic mass is 35.5. The van der Waals surface area contributed by atoms with Crippen molar-refractivity contribution in [3.8, 4) is 17.3 Å². The molecule has 96 valence electrons. The number of nitrogens with zero attached hydrogens (tertiary/aromatic N) is 2. The van der Waals surface area contributed by atoms with Gasteiger partial charge in [-0.05, 0) is 24.3 Å². The number of hydrogen-bond donors (Lipinski definition) is 0. The van der Waals surface area contributed by atoms with Crippen LogP contribution in [0.1, 0.15) is 11.1 Å². The quantitative estimate of drug-likeness (QED) is 0.782. The minimum absolute atomic E-state index is 0.293. The van der Waals surface area contributed by atoms with E-state index in [9.17, 15) is 13.2 Å². The molecule has 0 unspecified atom stereocenters. The summed E-state index contributed by atoms with van der Waals surface area (Å²) < 4.78 is 38.1. The molecule has 1 aromatic heterocycles. The maximum Gasteiger partial charge on any atom is 0.417 e. The first kappa shape index (κ1) is 13.4. The molecule has 0 atom stereocenters. The topological polar surface area (TPSA) is 36.7 Å². The molecule has 2 rings (SSSR count). The van der Waals surface area contributed by atoms with Crippen LogP contribution in [0.25, 0.3) is 11.3 Å². The van der Waals surface area contributed by atoms with Crippen molar-refractivity contribution in [3.05, 3.63) is 52.7 Å². The highest BCUT2D eigenvalue weighted by Crippen LogP contribution is 2.36. The Morgan fingerprint density at radius 3 is 2.42 bits per heavy atom. The fourth-order valence-corrected chi connectivity index (χ4v) is 1.76. The third kappa shape index (κ3) is 2.85. The molecule has 0 bridgehead atoms. The van der Waals surface area contributed by atoms with E-state index >= 15 is 0 Å². The zero-order valence-corrected chi connectivity index (χ0v) is 10.1. The summed E-state index contributed by atoms with van der Waals surface area (Å²) >= 11 is 5.53. The van der Waals surface area contributed by atoms with Crippen molar-refractivity contribution in [3.63, 3.8) is 0 Å². The maximum atomic E-state index is 12.7. The molecule has 2 aromatic rings. The van der Waals surface area contributed by atoms with Crippen LogP contribution in [-0.2, 0) is 6.18 Å². The van der Waals surface area contributed by atoms with Gasteiger partial charge in [0.2, 0.25) is 0 Å². The predicted octanol–water partition coefficient (Wildman–Crippen LogP) is 4.29. The summed E-state index contributed by atoms with van der Waals surface area (Å²) in [6.07, 6.45) is -3.21. The number of nitriles is 1. The van der Waals surface area contributed by atoms with Gasteiger partial charge in [0.1, 0.15) is 6.07 Å². The minimum Gasteiger partial charge on any atom is -0.255 e. The maximum absolute atomic E-state index is 12.7. The van der Waals surface area contributed by atoms with Gasteiger partial charge in [0, 0.05) is 11.8 Å². The van der Waals surface area contributed by atoms with Crippen LogP contribution in [0, 0.1) is 11.3 Å². The van der Waals surface area contributed by atoms with E-state index in [0.717, 1.165) is 6.07 Å². The molecule has 0 amide bonds. The molecule has 0 N–H and O–H groups in total. The van der Waals surface area contributed by atoms with Gasteiger partial charge < -0.3 is 0 Å². The molecule has 0 spiro atoms. The summed E-state index contributed by atoms with van der Waals surface area (Å²) in [6.45, 7) is 0. The van der Waals surface area contributed by atoms with Gasteiger partial charge in [0.25, 0.3) is 0 Å². The fourth-order valence-electron chi connectivity index (χ4n) is 1.53. The first-order valence-corrected chi connectivity index (χ1v) is 5.53. The summed E-state index contributed by atoms with van der Waals surface area (Å²) in [4.78, 5) is 3.94. The van der Waals surface area contributed by atoms with Gasteiger partial charge in [-0.3, -0.25) is 4.98 Å². The van der Waals surface area contributed by atoms with E-state index in [1.165, 1.54) is 30.5 Å². The van der Waals surface area contributed by atoms with Gasteiger partial charge in [-0.25, -0.2) is 0 Å². The Hall–Kier alpha value is -2.06. The van der Waals surface area contributed by atoms with Crippen molar-refractivity contribution in [1.29, 1.82) is 5.26 Å². The van der Waals surface area contributed by atoms with E-state index < -0.39 is 11.7 Å². The summed E-state index contributed by atoms with van der Waals surface area (Å²) in [5.41, 5.74) is 0.0777. The molecule has 0 aliphatic rings. The average molecular weight is 283 g/mol. The van der Waals surface area contributed by atoms with Crippen LogP contribution in [-0.4, -0.2) is 4.98 Å². The zero-order valence-electron chi connectivity index (χ0n) is 9.37. The van der Waals surface area contributed by atoms with Crippen LogP contribution < -0.4 is 0 Å². The van der Waals surface area contributed by atoms with Crippen LogP contribution in [0.5, 0.6) is 0 Å². The Morgan fingerprint density at radius 1 is 1.16 bits per heavy atom. The van der Waals surface area contributed by atoms with Gasteiger partial charge in [-0.15, -0.1) is 0 Å². The van der Waals surface area contributed by atoms with E-state index in [-0.39, 0.29) is 5.02 Å². The SMILES string of the molecule is N#Cc1ccc(-c2ccc(Cl)c(C(F)(F)F)c2)nc1. The second kappa shape index (κ2) is 4.90. The molecule has 2 nitrogen and oxygen atoms in total. The highest BCUT2D eigenvalue weighted by molar-refractivity contribution is 6.31. The predicted molar refractivity (Wildman–Crippen MR) is 64.4 cm³/mol. The fraction of sp³-hybridized carbons (Fsp3) is 0.0769. The first-order chi connectivity index (χ1) is 8.91. The van der Waals surface area contributed by atoms with Crippen molar-refractivity contribution in [1.82, 2.24) is 4.98 Å². The Kier molecular flexibility index (Phi) is 3.45. The third-order valence-electron chi connectivity index (χ3n) is 2.46. The Morgan fingerprint density at radius 2 is 1.89 bits per heavy atom. The molecular formula is C13H6ClF3N2. The summed E-state index contributed by atoms with van der Waals surface area (Å²) in [6, 6.07) is 8.44. The molecule has 1 aromatic carbocycles. The lowest BCUT2D eigenvalue weighted by Gasteiger charge is -2.10. The highest BCUT2D eigenvalue weighted by Gasteiger charge is 2.33. The van der Waals surface area contributed by atoms with Crippen molar-refractivity contribution in [2.24, 2.45) is 0 Å². The van der Waals surface area contributed by atoms with Crippen LogP contribution in [0.4, 0.5) is 13.2 Å². The number of benzene rings is 1. The normalized spacial score (nSPS) is 11.1. The molecule has 0 radical (unpaired) electrons. The number of halogens is 4. The lowest BCUT2D eigenvalue weighted by Crippen LogP contribution is -2.06. The van der Waals surface area contributed by atoms with E-state index in [1.54, 1.807) is 0 Å². The van der Waals surface area contributed by atoms with Gasteiger partial charge in [0.15, 0.2) is 0 Å². The number of pyridine rings is 1. The van der Waals surface area contributed by atoms with Gasteiger partial charge in [-0.1, -0.05) is 17.7 Å². The summed E-state index contributed by atoms with van der Waals surface area (Å²) in [5, 5.41) is 8.27. The van der Waals surface area contributed by atoms with Crippen molar-refractivity contribution < 1.29 is 13.2 Å². The Labute approximate surface area is 112 Å². The summed E-state index contributed by atoms with van der Waals surface area (Å²) in [5.74, 6) is 0. The molecule has 0 saturated heterocycles. The van der Waals surface area contributed by atoms with Crippen molar-refractivity contribution in [2.75, 3.05) is 0 Å². The van der Waals surface area contributed by atoms with E-state index in [4.69, 9.17) is 16.9 Å². The van der Waals surface area contributed by atoms with E-state index in [2.05, 4.69) is 4.98 Å². The largest absolute Gasteiger partial charge is 0.417 e. The number of hydrogen-bond acceptors (Lipinski definition) is 2. The van der Waals surface area contributed by atoms with Gasteiger partial charge in [-0.2, -0.15) is 18.4 Å². The lowest BCUT2D eigenvalue weighted by atomic mass is 10.1. The van der Waals surface area contributed by atoms with Crippen molar-refractivity contribution in [2.45, 2.75) is 6.18 Å². The van der Waals surface area contributed by atoms with Crippen LogP contribution in [0.15, 0.2) is 36.5 Å². The minimum atomic E-state index is -4.51. The van der Waals surface area contributed by atoms with Gasteiger partial charge >= 0.3 is 6.18 Å². The number of aromatic nitrogens is 1. The van der Waals surface area contributed by atoms with E-state index in [0.29, 0.717) is 16.8 Å². The molecule has 0 fully saturated rings. The number of rotatable bonds is 1. The standard InChI is InChI=1S/C13H6ClF3N2/c14-11-3-2-9(5-10(11)13(15,16)17)12-4-1-8(6-18)7-19-12/h1-5,7H. The van der Waals surface area contributed by atoms with Crippen LogP contribution in [0.3, 0.4) is 0 Å². The molecule has 0 saturated carbocycles.